The monoisotopic (exact) mass is 387 g/mol. The van der Waals surface area contributed by atoms with Crippen molar-refractivity contribution in [1.29, 1.82) is 0 Å². The van der Waals surface area contributed by atoms with E-state index in [0.29, 0.717) is 28.4 Å². The van der Waals surface area contributed by atoms with Crippen molar-refractivity contribution >= 4 is 23.1 Å². The van der Waals surface area contributed by atoms with E-state index in [4.69, 9.17) is 5.73 Å². The Hall–Kier alpha value is -3.89. The van der Waals surface area contributed by atoms with Gasteiger partial charge in [-0.15, -0.1) is 18.3 Å². The van der Waals surface area contributed by atoms with Crippen molar-refractivity contribution in [3.05, 3.63) is 55.0 Å². The summed E-state index contributed by atoms with van der Waals surface area (Å²) in [7, 11) is 0. The fraction of sp³-hybridized carbons (Fsp3) is 0.0588. The number of fused-ring (bicyclic) bond motifs is 1. The van der Waals surface area contributed by atoms with Crippen LogP contribution in [0, 0.1) is 0 Å². The van der Waals surface area contributed by atoms with Crippen molar-refractivity contribution < 1.29 is 17.9 Å². The highest BCUT2D eigenvalue weighted by atomic mass is 19.4. The minimum atomic E-state index is -4.74. The summed E-state index contributed by atoms with van der Waals surface area (Å²) >= 11 is 0. The molecule has 0 aliphatic carbocycles. The van der Waals surface area contributed by atoms with Gasteiger partial charge in [0.15, 0.2) is 5.65 Å². The van der Waals surface area contributed by atoms with Gasteiger partial charge in [-0.3, -0.25) is 4.98 Å². The second kappa shape index (κ2) is 6.68. The van der Waals surface area contributed by atoms with Gasteiger partial charge in [0.25, 0.3) is 0 Å². The molecule has 0 aliphatic heterocycles. The Kier molecular flexibility index (Phi) is 4.18. The lowest BCUT2D eigenvalue weighted by Gasteiger charge is -2.09. The number of nitrogens with zero attached hydrogens (tertiary/aromatic N) is 5. The van der Waals surface area contributed by atoms with Gasteiger partial charge in [0.2, 0.25) is 5.95 Å². The lowest BCUT2D eigenvalue weighted by molar-refractivity contribution is -0.274. The van der Waals surface area contributed by atoms with Crippen molar-refractivity contribution in [2.75, 3.05) is 11.1 Å². The second-order valence-corrected chi connectivity index (χ2v) is 5.65. The van der Waals surface area contributed by atoms with E-state index in [1.165, 1.54) is 28.8 Å². The topological polar surface area (TPSA) is 103 Å². The average Bonchev–Trinajstić information content (AvgIpc) is 3.05. The standard InChI is InChI=1S/C17H12F3N7O/c18-17(19,20)28-12-4-2-11(3-5-12)24-16-25-15-14(22-7-8-27(15)26-16)10-1-6-13(21)23-9-10/h1-9H,(H2,21,23)(H,24,26). The molecule has 0 unspecified atom stereocenters. The molecule has 3 N–H and O–H groups in total. The molecule has 28 heavy (non-hydrogen) atoms. The van der Waals surface area contributed by atoms with E-state index in [1.807, 2.05) is 0 Å². The van der Waals surface area contributed by atoms with Crippen LogP contribution in [0.1, 0.15) is 0 Å². The molecule has 0 fully saturated rings. The third-order valence-electron chi connectivity index (χ3n) is 3.66. The van der Waals surface area contributed by atoms with E-state index in [9.17, 15) is 13.2 Å². The van der Waals surface area contributed by atoms with Crippen LogP contribution >= 0.6 is 0 Å². The fourth-order valence-electron chi connectivity index (χ4n) is 2.49. The van der Waals surface area contributed by atoms with Crippen LogP contribution in [0.5, 0.6) is 5.75 Å². The molecule has 8 nitrogen and oxygen atoms in total. The first-order valence-electron chi connectivity index (χ1n) is 7.93. The number of anilines is 3. The molecule has 3 heterocycles. The molecule has 1 aromatic carbocycles. The maximum atomic E-state index is 12.2. The van der Waals surface area contributed by atoms with Crippen molar-refractivity contribution in [3.8, 4) is 17.0 Å². The van der Waals surface area contributed by atoms with E-state index in [-0.39, 0.29) is 11.7 Å². The molecule has 0 amide bonds. The number of nitrogens with one attached hydrogen (secondary N) is 1. The number of alkyl halides is 3. The van der Waals surface area contributed by atoms with Gasteiger partial charge in [0.1, 0.15) is 17.3 Å². The summed E-state index contributed by atoms with van der Waals surface area (Å²) in [6.45, 7) is 0. The van der Waals surface area contributed by atoms with Crippen LogP contribution < -0.4 is 15.8 Å². The van der Waals surface area contributed by atoms with E-state index in [1.54, 1.807) is 30.7 Å². The molecule has 3 aromatic heterocycles. The zero-order valence-corrected chi connectivity index (χ0v) is 14.1. The third kappa shape index (κ3) is 3.77. The Morgan fingerprint density at radius 2 is 1.82 bits per heavy atom. The summed E-state index contributed by atoms with van der Waals surface area (Å²) < 4.78 is 42.1. The molecule has 0 bridgehead atoms. The quantitative estimate of drug-likeness (QED) is 0.553. The highest BCUT2D eigenvalue weighted by Gasteiger charge is 2.30. The van der Waals surface area contributed by atoms with E-state index < -0.39 is 6.36 Å². The first-order chi connectivity index (χ1) is 13.4. The molecular formula is C17H12F3N7O. The molecule has 142 valence electrons. The molecule has 0 aliphatic rings. The van der Waals surface area contributed by atoms with Crippen LogP contribution in [-0.2, 0) is 0 Å². The first kappa shape index (κ1) is 17.5. The van der Waals surface area contributed by atoms with Gasteiger partial charge in [-0.25, -0.2) is 9.50 Å². The van der Waals surface area contributed by atoms with Crippen LogP contribution in [0.4, 0.5) is 30.6 Å². The van der Waals surface area contributed by atoms with E-state index in [0.717, 1.165) is 0 Å². The van der Waals surface area contributed by atoms with Crippen LogP contribution in [0.15, 0.2) is 55.0 Å². The van der Waals surface area contributed by atoms with Gasteiger partial charge in [-0.05, 0) is 36.4 Å². The Bertz CT molecular complexity index is 1110. The molecular weight excluding hydrogens is 375 g/mol. The SMILES string of the molecule is Nc1ccc(-c2nccn3nc(Nc4ccc(OC(F)(F)F)cc4)nc23)cn1. The van der Waals surface area contributed by atoms with Crippen molar-refractivity contribution in [3.63, 3.8) is 0 Å². The summed E-state index contributed by atoms with van der Waals surface area (Å²) in [6.07, 6.45) is 0.0414. The maximum Gasteiger partial charge on any atom is 0.573 e. The number of rotatable bonds is 4. The van der Waals surface area contributed by atoms with Gasteiger partial charge < -0.3 is 15.8 Å². The number of aromatic nitrogens is 5. The Morgan fingerprint density at radius 1 is 1.04 bits per heavy atom. The lowest BCUT2D eigenvalue weighted by atomic mass is 10.2. The second-order valence-electron chi connectivity index (χ2n) is 5.65. The number of hydrogen-bond donors (Lipinski definition) is 2. The predicted octanol–water partition coefficient (Wildman–Crippen LogP) is 3.41. The van der Waals surface area contributed by atoms with Crippen LogP contribution in [-0.4, -0.2) is 30.9 Å². The number of halogens is 3. The third-order valence-corrected chi connectivity index (χ3v) is 3.66. The van der Waals surface area contributed by atoms with Gasteiger partial charge in [-0.1, -0.05) is 0 Å². The summed E-state index contributed by atoms with van der Waals surface area (Å²) in [4.78, 5) is 12.8. The Labute approximate surface area is 155 Å². The highest BCUT2D eigenvalue weighted by Crippen LogP contribution is 2.26. The number of nitrogen functional groups attached to an aromatic ring is 1. The minimum absolute atomic E-state index is 0.252. The normalized spacial score (nSPS) is 11.5. The van der Waals surface area contributed by atoms with Crippen LogP contribution in [0.3, 0.4) is 0 Å². The Balaban J connectivity index is 1.60. The Morgan fingerprint density at radius 3 is 2.50 bits per heavy atom. The molecule has 0 saturated carbocycles. The van der Waals surface area contributed by atoms with Gasteiger partial charge in [-0.2, -0.15) is 4.98 Å². The van der Waals surface area contributed by atoms with E-state index in [2.05, 4.69) is 30.1 Å². The molecule has 0 spiro atoms. The largest absolute Gasteiger partial charge is 0.573 e. The summed E-state index contributed by atoms with van der Waals surface area (Å²) in [5.74, 6) is 0.322. The fourth-order valence-corrected chi connectivity index (χ4v) is 2.49. The van der Waals surface area contributed by atoms with Gasteiger partial charge in [0, 0.05) is 29.8 Å². The van der Waals surface area contributed by atoms with Crippen molar-refractivity contribution in [2.24, 2.45) is 0 Å². The first-order valence-corrected chi connectivity index (χ1v) is 7.93. The van der Waals surface area contributed by atoms with Crippen molar-refractivity contribution in [2.45, 2.75) is 6.36 Å². The van der Waals surface area contributed by atoms with Crippen LogP contribution in [0.2, 0.25) is 0 Å². The number of benzene rings is 1. The molecule has 11 heteroatoms. The van der Waals surface area contributed by atoms with Gasteiger partial charge >= 0.3 is 6.36 Å². The minimum Gasteiger partial charge on any atom is -0.406 e. The summed E-state index contributed by atoms with van der Waals surface area (Å²) in [6, 6.07) is 8.66. The number of pyridine rings is 1. The molecule has 0 radical (unpaired) electrons. The molecule has 0 atom stereocenters. The molecule has 4 rings (SSSR count). The van der Waals surface area contributed by atoms with Gasteiger partial charge in [0.05, 0.1) is 0 Å². The predicted molar refractivity (Wildman–Crippen MR) is 94.8 cm³/mol. The zero-order chi connectivity index (χ0) is 19.7. The van der Waals surface area contributed by atoms with E-state index >= 15 is 0 Å². The maximum absolute atomic E-state index is 12.2. The molecule has 4 aromatic rings. The molecule has 0 saturated heterocycles. The zero-order valence-electron chi connectivity index (χ0n) is 14.1. The summed E-state index contributed by atoms with van der Waals surface area (Å²) in [5.41, 5.74) is 7.86. The lowest BCUT2D eigenvalue weighted by Crippen LogP contribution is -2.16. The smallest absolute Gasteiger partial charge is 0.406 e. The van der Waals surface area contributed by atoms with Crippen molar-refractivity contribution in [1.82, 2.24) is 24.6 Å². The number of ether oxygens (including phenoxy) is 1. The summed E-state index contributed by atoms with van der Waals surface area (Å²) in [5, 5.41) is 7.22. The number of hydrogen-bond acceptors (Lipinski definition) is 7. The van der Waals surface area contributed by atoms with Crippen LogP contribution in [0.25, 0.3) is 16.9 Å². The average molecular weight is 387 g/mol. The highest BCUT2D eigenvalue weighted by molar-refractivity contribution is 5.74. The number of nitrogens with two attached hydrogens (primary N) is 1.